The van der Waals surface area contributed by atoms with Crippen LogP contribution in [0.3, 0.4) is 0 Å². The molecule has 3 aromatic rings. The number of fused-ring (bicyclic) bond motifs is 1. The molecule has 0 fully saturated rings. The fraction of sp³-hybridized carbons (Fsp3) is 0.429. The number of rotatable bonds is 15. The molecule has 1 aliphatic rings. The van der Waals surface area contributed by atoms with Crippen LogP contribution in [-0.4, -0.2) is 74.9 Å². The molecule has 0 aliphatic carbocycles. The number of para-hydroxylation sites is 1. The number of sulfone groups is 1. The lowest BCUT2D eigenvalue weighted by Gasteiger charge is -2.36. The van der Waals surface area contributed by atoms with Crippen LogP contribution in [-0.2, 0) is 19.4 Å². The molecule has 0 radical (unpaired) electrons. The number of hydrogen-bond donors (Lipinski definition) is 4. The SMILES string of the molecule is CCCCC1(CC)CN(c2ccccc2)c2cc(SC)c(OCC(=O)NC(C(=O)NC[C@@H](O)CO)c3ccccc3)cc2S(=O)(=O)C1. The molecule has 1 aliphatic heterocycles. The number of ether oxygens (including phenoxy) is 1. The molecule has 47 heavy (non-hydrogen) atoms. The zero-order valence-electron chi connectivity index (χ0n) is 27.1. The van der Waals surface area contributed by atoms with Crippen molar-refractivity contribution >= 4 is 44.8 Å². The highest BCUT2D eigenvalue weighted by Gasteiger charge is 2.42. The van der Waals surface area contributed by atoms with Crippen LogP contribution in [0.1, 0.15) is 51.1 Å². The highest BCUT2D eigenvalue weighted by molar-refractivity contribution is 7.98. The van der Waals surface area contributed by atoms with Crippen molar-refractivity contribution in [2.45, 2.75) is 61.5 Å². The number of benzene rings is 3. The van der Waals surface area contributed by atoms with Crippen molar-refractivity contribution in [1.82, 2.24) is 10.6 Å². The van der Waals surface area contributed by atoms with Crippen LogP contribution in [0.5, 0.6) is 5.75 Å². The minimum atomic E-state index is -3.76. The first kappa shape index (κ1) is 36.3. The second-order valence-corrected chi connectivity index (χ2v) is 14.7. The van der Waals surface area contributed by atoms with Crippen molar-refractivity contribution in [2.75, 3.05) is 43.2 Å². The average Bonchev–Trinajstić information content (AvgIpc) is 3.19. The molecule has 0 saturated heterocycles. The molecule has 0 bridgehead atoms. The fourth-order valence-electron chi connectivity index (χ4n) is 5.82. The zero-order valence-corrected chi connectivity index (χ0v) is 28.8. The van der Waals surface area contributed by atoms with E-state index in [1.165, 1.54) is 17.8 Å². The number of unbranched alkanes of at least 4 members (excludes halogenated alkanes) is 1. The van der Waals surface area contributed by atoms with Gasteiger partial charge >= 0.3 is 0 Å². The number of hydrogen-bond acceptors (Lipinski definition) is 9. The largest absolute Gasteiger partial charge is 0.483 e. The Labute approximate surface area is 281 Å². The predicted octanol–water partition coefficient (Wildman–Crippen LogP) is 4.63. The van der Waals surface area contributed by atoms with E-state index in [9.17, 15) is 23.1 Å². The second kappa shape index (κ2) is 16.5. The normalized spacial score (nSPS) is 18.4. The Morgan fingerprint density at radius 3 is 2.36 bits per heavy atom. The van der Waals surface area contributed by atoms with E-state index >= 15 is 0 Å². The van der Waals surface area contributed by atoms with Crippen LogP contribution < -0.4 is 20.3 Å². The van der Waals surface area contributed by atoms with Crippen LogP contribution in [0.25, 0.3) is 0 Å². The van der Waals surface area contributed by atoms with Gasteiger partial charge < -0.3 is 30.5 Å². The van der Waals surface area contributed by atoms with E-state index in [1.54, 1.807) is 30.3 Å². The topological polar surface area (TPSA) is 145 Å². The Morgan fingerprint density at radius 1 is 1.06 bits per heavy atom. The van der Waals surface area contributed by atoms with Crippen molar-refractivity contribution in [2.24, 2.45) is 5.41 Å². The zero-order chi connectivity index (χ0) is 34.0. The van der Waals surface area contributed by atoms with Crippen molar-refractivity contribution in [3.8, 4) is 5.75 Å². The van der Waals surface area contributed by atoms with Gasteiger partial charge in [-0.05, 0) is 42.9 Å². The number of nitrogens with zero attached hydrogens (tertiary/aromatic N) is 1. The number of amides is 2. The summed E-state index contributed by atoms with van der Waals surface area (Å²) in [5.41, 5.74) is 1.54. The summed E-state index contributed by atoms with van der Waals surface area (Å²) >= 11 is 1.38. The van der Waals surface area contributed by atoms with Gasteiger partial charge in [0.2, 0.25) is 5.91 Å². The molecular weight excluding hydrogens is 639 g/mol. The average molecular weight is 684 g/mol. The lowest BCUT2D eigenvalue weighted by Crippen LogP contribution is -2.44. The molecule has 3 atom stereocenters. The molecule has 1 heterocycles. The summed E-state index contributed by atoms with van der Waals surface area (Å²) < 4.78 is 34.3. The van der Waals surface area contributed by atoms with Gasteiger partial charge in [-0.15, -0.1) is 11.8 Å². The third kappa shape index (κ3) is 9.07. The van der Waals surface area contributed by atoms with Crippen molar-refractivity contribution < 1.29 is 33.0 Å². The van der Waals surface area contributed by atoms with Crippen molar-refractivity contribution in [1.29, 1.82) is 0 Å². The van der Waals surface area contributed by atoms with E-state index < -0.39 is 52.4 Å². The van der Waals surface area contributed by atoms with Crippen LogP contribution >= 0.6 is 11.8 Å². The first-order chi connectivity index (χ1) is 22.6. The summed E-state index contributed by atoms with van der Waals surface area (Å²) in [7, 11) is -3.76. The Balaban J connectivity index is 1.65. The van der Waals surface area contributed by atoms with E-state index in [2.05, 4.69) is 29.4 Å². The first-order valence-electron chi connectivity index (χ1n) is 15.9. The summed E-state index contributed by atoms with van der Waals surface area (Å²) in [6.45, 7) is 3.53. The maximum Gasteiger partial charge on any atom is 0.258 e. The fourth-order valence-corrected chi connectivity index (χ4v) is 8.54. The minimum Gasteiger partial charge on any atom is -0.483 e. The van der Waals surface area contributed by atoms with Crippen LogP contribution in [0.4, 0.5) is 11.4 Å². The molecule has 2 amide bonds. The molecular formula is C35H45N3O7S2. The highest BCUT2D eigenvalue weighted by Crippen LogP contribution is 2.47. The van der Waals surface area contributed by atoms with E-state index in [0.29, 0.717) is 29.1 Å². The van der Waals surface area contributed by atoms with E-state index in [0.717, 1.165) is 24.9 Å². The van der Waals surface area contributed by atoms with Gasteiger partial charge in [-0.2, -0.15) is 0 Å². The second-order valence-electron chi connectivity index (χ2n) is 11.9. The van der Waals surface area contributed by atoms with Crippen LogP contribution in [0, 0.1) is 5.41 Å². The number of aliphatic hydroxyl groups is 2. The van der Waals surface area contributed by atoms with Gasteiger partial charge in [0.05, 0.1) is 33.9 Å². The summed E-state index contributed by atoms with van der Waals surface area (Å²) in [5.74, 6) is -0.907. The Kier molecular flexibility index (Phi) is 12.7. The van der Waals surface area contributed by atoms with E-state index in [1.807, 2.05) is 42.7 Å². The van der Waals surface area contributed by atoms with Crippen molar-refractivity contribution in [3.05, 3.63) is 78.4 Å². The van der Waals surface area contributed by atoms with Gasteiger partial charge in [-0.3, -0.25) is 9.59 Å². The van der Waals surface area contributed by atoms with Gasteiger partial charge in [-0.25, -0.2) is 8.42 Å². The standard InChI is InChI=1S/C35H45N3O7S2/c1-4-6-17-35(5-2)23-38(26-15-11-8-12-16-26)28-18-30(46-3)29(19-31(28)47(43,44)24-35)45-22-32(41)37-33(25-13-9-7-10-14-25)34(42)36-20-27(40)21-39/h7-16,18-19,27,33,39-40H,4-6,17,20-24H2,1-3H3,(H,36,42)(H,37,41)/t27-,33?,35?/m1/s1. The third-order valence-electron chi connectivity index (χ3n) is 8.52. The van der Waals surface area contributed by atoms with Crippen LogP contribution in [0.2, 0.25) is 0 Å². The Morgan fingerprint density at radius 2 is 1.74 bits per heavy atom. The molecule has 0 aromatic heterocycles. The number of anilines is 2. The molecule has 4 rings (SSSR count). The molecule has 2 unspecified atom stereocenters. The van der Waals surface area contributed by atoms with Gasteiger partial charge in [0, 0.05) is 30.3 Å². The van der Waals surface area contributed by atoms with E-state index in [4.69, 9.17) is 9.84 Å². The maximum absolute atomic E-state index is 14.2. The highest BCUT2D eigenvalue weighted by atomic mass is 32.2. The van der Waals surface area contributed by atoms with Crippen LogP contribution in [0.15, 0.2) is 82.6 Å². The van der Waals surface area contributed by atoms with Gasteiger partial charge in [-0.1, -0.05) is 75.2 Å². The molecule has 0 saturated carbocycles. The van der Waals surface area contributed by atoms with Gasteiger partial charge in [0.25, 0.3) is 5.91 Å². The van der Waals surface area contributed by atoms with Gasteiger partial charge in [0.15, 0.2) is 16.4 Å². The predicted molar refractivity (Wildman–Crippen MR) is 185 cm³/mol. The monoisotopic (exact) mass is 683 g/mol. The smallest absolute Gasteiger partial charge is 0.258 e. The number of aliphatic hydroxyl groups excluding tert-OH is 2. The molecule has 10 nitrogen and oxygen atoms in total. The summed E-state index contributed by atoms with van der Waals surface area (Å²) in [6, 6.07) is 20.7. The first-order valence-corrected chi connectivity index (χ1v) is 18.7. The Bertz CT molecular complexity index is 1610. The van der Waals surface area contributed by atoms with Gasteiger partial charge in [0.1, 0.15) is 11.8 Å². The van der Waals surface area contributed by atoms with E-state index in [-0.39, 0.29) is 22.9 Å². The maximum atomic E-state index is 14.2. The number of carbonyl (C=O) groups excluding carboxylic acids is 2. The minimum absolute atomic E-state index is 0.00419. The molecule has 254 valence electrons. The summed E-state index contributed by atoms with van der Waals surface area (Å²) in [5, 5.41) is 24.0. The molecule has 0 spiro atoms. The lowest BCUT2D eigenvalue weighted by atomic mass is 9.81. The lowest BCUT2D eigenvalue weighted by molar-refractivity contribution is -0.130. The number of nitrogens with one attached hydrogen (secondary N) is 2. The quantitative estimate of drug-likeness (QED) is 0.169. The molecule has 4 N–H and O–H groups in total. The molecule has 12 heteroatoms. The van der Waals surface area contributed by atoms with Crippen molar-refractivity contribution in [3.63, 3.8) is 0 Å². The summed E-state index contributed by atoms with van der Waals surface area (Å²) in [6.07, 6.45) is 4.10. The number of carbonyl (C=O) groups is 2. The molecule has 3 aromatic carbocycles. The number of thioether (sulfide) groups is 1. The Hall–Kier alpha value is -3.58. The third-order valence-corrected chi connectivity index (χ3v) is 11.3. The summed E-state index contributed by atoms with van der Waals surface area (Å²) in [4.78, 5) is 29.1.